The summed E-state index contributed by atoms with van der Waals surface area (Å²) in [6.07, 6.45) is -1.35. The maximum absolute atomic E-state index is 13.9. The normalized spacial score (nSPS) is 22.6. The van der Waals surface area contributed by atoms with Crippen molar-refractivity contribution in [2.75, 3.05) is 5.32 Å². The van der Waals surface area contributed by atoms with Crippen LogP contribution < -0.4 is 40.0 Å². The van der Waals surface area contributed by atoms with Gasteiger partial charge in [0.1, 0.15) is 5.69 Å². The second-order valence-corrected chi connectivity index (χ2v) is 11.3. The van der Waals surface area contributed by atoms with Crippen LogP contribution >= 0.6 is 34.7 Å². The monoisotopic (exact) mass is 629 g/mol. The van der Waals surface area contributed by atoms with Crippen LogP contribution in [0, 0.1) is 18.8 Å². The van der Waals surface area contributed by atoms with E-state index < -0.39 is 47.0 Å². The molecule has 1 aromatic heterocycles. The predicted octanol–water partition coefficient (Wildman–Crippen LogP) is 1.33. The van der Waals surface area contributed by atoms with E-state index in [0.717, 1.165) is 5.56 Å². The van der Waals surface area contributed by atoms with Gasteiger partial charge in [0.2, 0.25) is 23.1 Å². The first-order chi connectivity index (χ1) is 19.6. The number of aliphatic carboxylic acids is 1. The number of aryl methyl sites for hydroxylation is 1. The van der Waals surface area contributed by atoms with Crippen LogP contribution in [0.3, 0.4) is 0 Å². The van der Waals surface area contributed by atoms with Crippen molar-refractivity contribution in [3.8, 4) is 11.3 Å². The molecule has 2 aliphatic rings. The van der Waals surface area contributed by atoms with E-state index in [0.29, 0.717) is 16.9 Å². The zero-order chi connectivity index (χ0) is 29.1. The molecule has 0 unspecified atom stereocenters. The Bertz CT molecular complexity index is 1750. The number of hydrogen-bond acceptors (Lipinski definition) is 9. The van der Waals surface area contributed by atoms with Crippen LogP contribution in [0.15, 0.2) is 66.0 Å². The Hall–Kier alpha value is -2.96. The fourth-order valence-electron chi connectivity index (χ4n) is 5.52. The van der Waals surface area contributed by atoms with E-state index in [-0.39, 0.29) is 56.3 Å². The van der Waals surface area contributed by atoms with Crippen molar-refractivity contribution in [1.82, 2.24) is 9.59 Å². The molecule has 0 bridgehead atoms. The molecule has 1 saturated heterocycles. The largest absolute Gasteiger partial charge is 1.00 e. The Balaban J connectivity index is 0.00000353. The number of fused-ring (bicyclic) bond motifs is 1. The molecule has 0 saturated carbocycles. The average Bonchev–Trinajstić information content (AvgIpc) is 3.66. The Kier molecular flexibility index (Phi) is 8.43. The molecule has 4 aromatic rings. The van der Waals surface area contributed by atoms with Gasteiger partial charge in [0, 0.05) is 33.7 Å². The number of carboxylic acids is 1. The number of amides is 1. The molecule has 0 radical (unpaired) electrons. The zero-order valence-corrected chi connectivity index (χ0v) is 26.4. The number of nitrogens with one attached hydrogen (secondary N) is 1. The summed E-state index contributed by atoms with van der Waals surface area (Å²) in [5.74, 6) is -7.74. The van der Waals surface area contributed by atoms with Crippen LogP contribution in [0.1, 0.15) is 37.9 Å². The van der Waals surface area contributed by atoms with E-state index >= 15 is 0 Å². The minimum atomic E-state index is -2.50. The summed E-state index contributed by atoms with van der Waals surface area (Å²) < 4.78 is 9.99. The molecule has 1 N–H and O–H groups in total. The molecule has 1 aliphatic carbocycles. The molecule has 206 valence electrons. The number of ketones is 2. The quantitative estimate of drug-likeness (QED) is 0.258. The second-order valence-electron chi connectivity index (χ2n) is 9.83. The number of hydrogen-bond donors (Lipinski definition) is 1. The third kappa shape index (κ3) is 4.90. The third-order valence-corrected chi connectivity index (χ3v) is 8.66. The number of ether oxygens (including phenoxy) is 1. The van der Waals surface area contributed by atoms with Crippen molar-refractivity contribution in [3.63, 3.8) is 0 Å². The van der Waals surface area contributed by atoms with Crippen LogP contribution in [0.4, 0.5) is 5.69 Å². The molecule has 4 atom stereocenters. The summed E-state index contributed by atoms with van der Waals surface area (Å²) in [7, 11) is 0. The summed E-state index contributed by atoms with van der Waals surface area (Å²) in [5.41, 5.74) is 0.264. The van der Waals surface area contributed by atoms with Crippen molar-refractivity contribution < 1.29 is 58.6 Å². The summed E-state index contributed by atoms with van der Waals surface area (Å²) in [4.78, 5) is 54.3. The summed E-state index contributed by atoms with van der Waals surface area (Å²) in [5, 5.41) is 21.6. The van der Waals surface area contributed by atoms with E-state index in [1.54, 1.807) is 42.6 Å². The number of halogens is 2. The fraction of sp³-hybridized carbons (Fsp3) is 0.172. The van der Waals surface area contributed by atoms with Gasteiger partial charge in [-0.1, -0.05) is 63.6 Å². The van der Waals surface area contributed by atoms with Gasteiger partial charge >= 0.3 is 29.6 Å². The van der Waals surface area contributed by atoms with Gasteiger partial charge in [0.15, 0.2) is 0 Å². The average molecular weight is 630 g/mol. The molecule has 9 nitrogen and oxygen atoms in total. The van der Waals surface area contributed by atoms with Crippen molar-refractivity contribution >= 4 is 63.9 Å². The van der Waals surface area contributed by atoms with Crippen molar-refractivity contribution in [2.24, 2.45) is 11.8 Å². The molecule has 42 heavy (non-hydrogen) atoms. The van der Waals surface area contributed by atoms with E-state index in [9.17, 15) is 24.3 Å². The third-order valence-electron chi connectivity index (χ3n) is 7.41. The van der Waals surface area contributed by atoms with Crippen molar-refractivity contribution in [3.05, 3.63) is 98.3 Å². The first-order valence-electron chi connectivity index (χ1n) is 12.3. The Morgan fingerprint density at radius 3 is 2.33 bits per heavy atom. The Morgan fingerprint density at radius 2 is 1.69 bits per heavy atom. The molecule has 1 aliphatic heterocycles. The molecule has 1 fully saturated rings. The number of carbonyl (C=O) groups is 4. The summed E-state index contributed by atoms with van der Waals surface area (Å²) in [6.45, 7) is 1.74. The standard InChI is InChI=1S/C29H19Cl2N3O6S.Na/c1-13-2-8-17-18(10-13)26(36)29(25(17)35)23(28(38)39)22(24(40-29)15-5-9-19(30)20(31)11-15)27(37)32-16-6-3-14(4-7-16)21-12-41-34-33-21;/h2-12,22-24H,1H3,(H,32,37)(H,38,39);/q;+1/p-1/t22-,23-,24-,29-;/m0./s1. The molecule has 2 heterocycles. The molecule has 1 amide bonds. The molecular formula is C29H18Cl2N3NaO6S. The SMILES string of the molecule is Cc1ccc2c(c1)C(=O)[C@@]1(O[C@@H](c3ccc(Cl)c(Cl)c3)[C@@H](C(=O)Nc3ccc(-c4csnn4)cc3)[C@H]1C(=O)[O-])C2=O.[Na+]. The van der Waals surface area contributed by atoms with Gasteiger partial charge in [0.25, 0.3) is 0 Å². The van der Waals surface area contributed by atoms with Gasteiger partial charge in [-0.25, -0.2) is 0 Å². The minimum Gasteiger partial charge on any atom is -0.550 e. The van der Waals surface area contributed by atoms with E-state index in [4.69, 9.17) is 27.9 Å². The predicted molar refractivity (Wildman–Crippen MR) is 149 cm³/mol. The van der Waals surface area contributed by atoms with Crippen molar-refractivity contribution in [1.29, 1.82) is 0 Å². The first-order valence-corrected chi connectivity index (χ1v) is 13.9. The number of Topliss-reactive ketones (excluding diaryl/α,β-unsaturated/α-hetero) is 2. The van der Waals surface area contributed by atoms with Gasteiger partial charge in [-0.2, -0.15) is 0 Å². The van der Waals surface area contributed by atoms with Gasteiger partial charge in [0.05, 0.1) is 28.0 Å². The van der Waals surface area contributed by atoms with Crippen LogP contribution in [-0.4, -0.2) is 38.6 Å². The number of anilines is 1. The van der Waals surface area contributed by atoms with E-state index in [2.05, 4.69) is 14.9 Å². The molecule has 13 heteroatoms. The molecule has 1 spiro atoms. The maximum Gasteiger partial charge on any atom is 1.00 e. The molecule has 3 aromatic carbocycles. The number of aromatic nitrogens is 2. The van der Waals surface area contributed by atoms with Gasteiger partial charge in [-0.3, -0.25) is 14.4 Å². The molecular weight excluding hydrogens is 612 g/mol. The van der Waals surface area contributed by atoms with E-state index in [1.165, 1.54) is 41.9 Å². The Morgan fingerprint density at radius 1 is 0.976 bits per heavy atom. The maximum atomic E-state index is 13.9. The zero-order valence-electron chi connectivity index (χ0n) is 22.1. The van der Waals surface area contributed by atoms with Crippen molar-refractivity contribution in [2.45, 2.75) is 18.6 Å². The van der Waals surface area contributed by atoms with E-state index in [1.807, 2.05) is 0 Å². The van der Waals surface area contributed by atoms with Gasteiger partial charge < -0.3 is 20.0 Å². The van der Waals surface area contributed by atoms with Crippen LogP contribution in [-0.2, 0) is 14.3 Å². The fourth-order valence-corrected chi connectivity index (χ4v) is 6.29. The number of carbonyl (C=O) groups excluding carboxylic acids is 4. The van der Waals surface area contributed by atoms with Gasteiger partial charge in [-0.05, 0) is 54.4 Å². The summed E-state index contributed by atoms with van der Waals surface area (Å²) >= 11 is 13.5. The second kappa shape index (κ2) is 11.6. The number of carboxylic acid groups (broad SMARTS) is 1. The number of benzene rings is 3. The smallest absolute Gasteiger partial charge is 0.550 e. The number of rotatable bonds is 5. The molecule has 6 rings (SSSR count). The minimum absolute atomic E-state index is 0. The topological polar surface area (TPSA) is 138 Å². The summed E-state index contributed by atoms with van der Waals surface area (Å²) in [6, 6.07) is 15.6. The van der Waals surface area contributed by atoms with Crippen LogP contribution in [0.2, 0.25) is 10.0 Å². The van der Waals surface area contributed by atoms with Gasteiger partial charge in [-0.15, -0.1) is 5.10 Å². The van der Waals surface area contributed by atoms with Crippen LogP contribution in [0.25, 0.3) is 11.3 Å². The van der Waals surface area contributed by atoms with Crippen LogP contribution in [0.5, 0.6) is 0 Å². The number of nitrogens with zero attached hydrogens (tertiary/aromatic N) is 2. The first kappa shape index (κ1) is 30.5. The Labute approximate surface area is 275 Å².